The van der Waals surface area contributed by atoms with Crippen molar-refractivity contribution in [2.24, 2.45) is 0 Å². The molecule has 2 aromatic rings. The first-order valence-corrected chi connectivity index (χ1v) is 5.53. The van der Waals surface area contributed by atoms with Gasteiger partial charge in [0.15, 0.2) is 0 Å². The highest BCUT2D eigenvalue weighted by Gasteiger charge is 2.10. The summed E-state index contributed by atoms with van der Waals surface area (Å²) in [4.78, 5) is 26.4. The molecule has 0 bridgehead atoms. The number of aryl methyl sites for hydroxylation is 1. The molecule has 0 aromatic carbocycles. The zero-order chi connectivity index (χ0) is 13.8. The summed E-state index contributed by atoms with van der Waals surface area (Å²) in [6.07, 6.45) is 4.28. The first-order valence-electron chi connectivity index (χ1n) is 5.53. The Morgan fingerprint density at radius 1 is 1.47 bits per heavy atom. The second-order valence-electron chi connectivity index (χ2n) is 3.99. The van der Waals surface area contributed by atoms with Crippen LogP contribution >= 0.6 is 0 Å². The lowest BCUT2D eigenvalue weighted by Gasteiger charge is -2.02. The van der Waals surface area contributed by atoms with Crippen LogP contribution in [0.3, 0.4) is 0 Å². The molecular formula is C12H12N4O3. The topological polar surface area (TPSA) is 97.1 Å². The van der Waals surface area contributed by atoms with Gasteiger partial charge in [0.2, 0.25) is 0 Å². The molecule has 0 radical (unpaired) electrons. The van der Waals surface area contributed by atoms with Crippen molar-refractivity contribution >= 4 is 17.7 Å². The van der Waals surface area contributed by atoms with Gasteiger partial charge in [-0.05, 0) is 24.6 Å². The lowest BCUT2D eigenvalue weighted by molar-refractivity contribution is -0.137. The molecular weight excluding hydrogens is 248 g/mol. The maximum Gasteiger partial charge on any atom is 0.325 e. The Labute approximate surface area is 108 Å². The number of pyridine rings is 1. The fourth-order valence-electron chi connectivity index (χ4n) is 1.50. The molecule has 2 N–H and O–H groups in total. The fourth-order valence-corrected chi connectivity index (χ4v) is 1.50. The van der Waals surface area contributed by atoms with Crippen LogP contribution in [0.2, 0.25) is 0 Å². The number of anilines is 1. The molecule has 0 aliphatic rings. The number of hydrogen-bond donors (Lipinski definition) is 2. The molecule has 0 aliphatic carbocycles. The Morgan fingerprint density at radius 2 is 2.26 bits per heavy atom. The van der Waals surface area contributed by atoms with E-state index < -0.39 is 5.97 Å². The first-order chi connectivity index (χ1) is 9.04. The van der Waals surface area contributed by atoms with Crippen LogP contribution in [0.4, 0.5) is 5.82 Å². The van der Waals surface area contributed by atoms with Gasteiger partial charge in [0.05, 0.1) is 11.8 Å². The molecule has 0 fully saturated rings. The zero-order valence-corrected chi connectivity index (χ0v) is 10.2. The van der Waals surface area contributed by atoms with Gasteiger partial charge in [-0.3, -0.25) is 14.3 Å². The molecule has 0 aliphatic heterocycles. The highest BCUT2D eigenvalue weighted by molar-refractivity contribution is 6.03. The third-order valence-corrected chi connectivity index (χ3v) is 2.35. The van der Waals surface area contributed by atoms with Gasteiger partial charge in [0.25, 0.3) is 5.91 Å². The number of aliphatic carboxylic acids is 1. The van der Waals surface area contributed by atoms with Gasteiger partial charge in [0, 0.05) is 12.4 Å². The summed E-state index contributed by atoms with van der Waals surface area (Å²) in [5.74, 6) is -0.957. The van der Waals surface area contributed by atoms with Crippen LogP contribution in [0.1, 0.15) is 15.9 Å². The molecule has 2 heterocycles. The average Bonchev–Trinajstić information content (AvgIpc) is 2.76. The van der Waals surface area contributed by atoms with E-state index in [1.165, 1.54) is 17.1 Å². The lowest BCUT2D eigenvalue weighted by Crippen LogP contribution is -2.13. The number of carboxylic acids is 1. The third kappa shape index (κ3) is 3.38. The average molecular weight is 260 g/mol. The zero-order valence-electron chi connectivity index (χ0n) is 10.2. The van der Waals surface area contributed by atoms with Crippen molar-refractivity contribution < 1.29 is 14.7 Å². The Morgan fingerprint density at radius 3 is 2.95 bits per heavy atom. The van der Waals surface area contributed by atoms with Gasteiger partial charge >= 0.3 is 5.97 Å². The van der Waals surface area contributed by atoms with Gasteiger partial charge in [0.1, 0.15) is 12.4 Å². The lowest BCUT2D eigenvalue weighted by atomic mass is 10.3. The second-order valence-corrected chi connectivity index (χ2v) is 3.99. The number of carbonyl (C=O) groups is 2. The minimum Gasteiger partial charge on any atom is -0.480 e. The fraction of sp³-hybridized carbons (Fsp3) is 0.167. The Hall–Kier alpha value is -2.70. The van der Waals surface area contributed by atoms with E-state index in [0.29, 0.717) is 5.82 Å². The van der Waals surface area contributed by atoms with E-state index in [9.17, 15) is 9.59 Å². The molecule has 19 heavy (non-hydrogen) atoms. The van der Waals surface area contributed by atoms with Crippen LogP contribution < -0.4 is 5.32 Å². The molecule has 0 unspecified atom stereocenters. The highest BCUT2D eigenvalue weighted by Crippen LogP contribution is 2.08. The van der Waals surface area contributed by atoms with Gasteiger partial charge in [-0.15, -0.1) is 0 Å². The summed E-state index contributed by atoms with van der Waals surface area (Å²) in [5.41, 5.74) is 1.26. The second kappa shape index (κ2) is 5.30. The standard InChI is InChI=1S/C12H12N4O3/c1-8-2-3-13-10(4-8)15-12(19)9-5-14-16(6-9)7-11(17)18/h2-6H,7H2,1H3,(H,17,18)(H,13,15,19). The Kier molecular flexibility index (Phi) is 3.56. The highest BCUT2D eigenvalue weighted by atomic mass is 16.4. The van der Waals surface area contributed by atoms with Gasteiger partial charge in [-0.1, -0.05) is 0 Å². The van der Waals surface area contributed by atoms with E-state index in [2.05, 4.69) is 15.4 Å². The minimum absolute atomic E-state index is 0.282. The number of aromatic nitrogens is 3. The van der Waals surface area contributed by atoms with Crippen molar-refractivity contribution in [3.8, 4) is 0 Å². The van der Waals surface area contributed by atoms with Crippen molar-refractivity contribution in [1.82, 2.24) is 14.8 Å². The van der Waals surface area contributed by atoms with E-state index in [1.54, 1.807) is 12.3 Å². The summed E-state index contributed by atoms with van der Waals surface area (Å²) in [6.45, 7) is 1.61. The summed E-state index contributed by atoms with van der Waals surface area (Å²) in [5, 5.41) is 15.0. The number of carboxylic acid groups (broad SMARTS) is 1. The van der Waals surface area contributed by atoms with E-state index in [0.717, 1.165) is 5.56 Å². The Bertz CT molecular complexity index is 621. The molecule has 1 amide bonds. The van der Waals surface area contributed by atoms with Crippen molar-refractivity contribution in [2.75, 3.05) is 5.32 Å². The van der Waals surface area contributed by atoms with E-state index >= 15 is 0 Å². The van der Waals surface area contributed by atoms with Crippen molar-refractivity contribution in [2.45, 2.75) is 13.5 Å². The summed E-state index contributed by atoms with van der Waals surface area (Å²) in [7, 11) is 0. The number of hydrogen-bond acceptors (Lipinski definition) is 4. The number of rotatable bonds is 4. The molecule has 0 saturated carbocycles. The van der Waals surface area contributed by atoms with E-state index in [-0.39, 0.29) is 18.0 Å². The Balaban J connectivity index is 2.07. The van der Waals surface area contributed by atoms with Gasteiger partial charge in [-0.2, -0.15) is 5.10 Å². The van der Waals surface area contributed by atoms with Crippen LogP contribution in [0.5, 0.6) is 0 Å². The van der Waals surface area contributed by atoms with Crippen LogP contribution in [0, 0.1) is 6.92 Å². The number of carbonyl (C=O) groups excluding carboxylic acids is 1. The van der Waals surface area contributed by atoms with E-state index in [4.69, 9.17) is 5.11 Å². The quantitative estimate of drug-likeness (QED) is 0.852. The summed E-state index contributed by atoms with van der Waals surface area (Å²) >= 11 is 0. The third-order valence-electron chi connectivity index (χ3n) is 2.35. The molecule has 2 aromatic heterocycles. The predicted octanol–water partition coefficient (Wildman–Crippen LogP) is 0.923. The molecule has 2 rings (SSSR count). The normalized spacial score (nSPS) is 10.2. The van der Waals surface area contributed by atoms with Crippen molar-refractivity contribution in [1.29, 1.82) is 0 Å². The molecule has 0 saturated heterocycles. The monoisotopic (exact) mass is 260 g/mol. The molecule has 7 heteroatoms. The van der Waals surface area contributed by atoms with Crippen LogP contribution in [-0.2, 0) is 11.3 Å². The van der Waals surface area contributed by atoms with Crippen LogP contribution in [-0.4, -0.2) is 31.7 Å². The largest absolute Gasteiger partial charge is 0.480 e. The number of amides is 1. The van der Waals surface area contributed by atoms with E-state index in [1.807, 2.05) is 13.0 Å². The molecule has 7 nitrogen and oxygen atoms in total. The molecule has 0 spiro atoms. The van der Waals surface area contributed by atoms with Crippen LogP contribution in [0.15, 0.2) is 30.7 Å². The van der Waals surface area contributed by atoms with Crippen molar-refractivity contribution in [3.05, 3.63) is 41.9 Å². The number of nitrogens with one attached hydrogen (secondary N) is 1. The molecule has 98 valence electrons. The van der Waals surface area contributed by atoms with Crippen LogP contribution in [0.25, 0.3) is 0 Å². The SMILES string of the molecule is Cc1ccnc(NC(=O)c2cnn(CC(=O)O)c2)c1. The summed E-state index contributed by atoms with van der Waals surface area (Å²) < 4.78 is 1.18. The first kappa shape index (κ1) is 12.7. The predicted molar refractivity (Wildman–Crippen MR) is 66.8 cm³/mol. The van der Waals surface area contributed by atoms with Crippen molar-refractivity contribution in [3.63, 3.8) is 0 Å². The smallest absolute Gasteiger partial charge is 0.325 e. The van der Waals surface area contributed by atoms with Gasteiger partial charge in [-0.25, -0.2) is 4.98 Å². The summed E-state index contributed by atoms with van der Waals surface area (Å²) in [6, 6.07) is 3.56. The molecule has 0 atom stereocenters. The number of nitrogens with zero attached hydrogens (tertiary/aromatic N) is 3. The van der Waals surface area contributed by atoms with Gasteiger partial charge < -0.3 is 10.4 Å². The minimum atomic E-state index is -1.02. The maximum absolute atomic E-state index is 11.9. The maximum atomic E-state index is 11.9.